The highest BCUT2D eigenvalue weighted by Crippen LogP contribution is 2.32. The van der Waals surface area contributed by atoms with Gasteiger partial charge in [-0.3, -0.25) is 0 Å². The van der Waals surface area contributed by atoms with Gasteiger partial charge >= 0.3 is 0 Å². The molecule has 0 aliphatic heterocycles. The highest BCUT2D eigenvalue weighted by molar-refractivity contribution is 5.32. The van der Waals surface area contributed by atoms with Crippen molar-refractivity contribution < 1.29 is 14.2 Å². The molecule has 0 aliphatic carbocycles. The fraction of sp³-hybridized carbons (Fsp3) is 0.538. The lowest BCUT2D eigenvalue weighted by molar-refractivity contribution is 0.0882. The molecule has 1 rings (SSSR count). The van der Waals surface area contributed by atoms with Gasteiger partial charge in [-0.25, -0.2) is 4.39 Å². The van der Waals surface area contributed by atoms with E-state index in [1.54, 1.807) is 18.2 Å². The molecule has 1 aromatic carbocycles. The summed E-state index contributed by atoms with van der Waals surface area (Å²) in [6.45, 7) is 5.92. The monoisotopic (exact) mass is 226 g/mol. The zero-order valence-corrected chi connectivity index (χ0v) is 10.2. The van der Waals surface area contributed by atoms with E-state index in [1.807, 2.05) is 20.8 Å². The van der Waals surface area contributed by atoms with Gasteiger partial charge in [0.15, 0.2) is 11.6 Å². The molecular formula is C13H19FO2. The fourth-order valence-electron chi connectivity index (χ4n) is 1.56. The third-order valence-corrected chi connectivity index (χ3v) is 3.08. The lowest BCUT2D eigenvalue weighted by Crippen LogP contribution is -2.16. The Bertz CT molecular complexity index is 350. The van der Waals surface area contributed by atoms with Crippen LogP contribution >= 0.6 is 0 Å². The Balaban J connectivity index is 3.04. The van der Waals surface area contributed by atoms with Crippen LogP contribution in [0.1, 0.15) is 32.4 Å². The molecule has 16 heavy (non-hydrogen) atoms. The van der Waals surface area contributed by atoms with Gasteiger partial charge in [-0.15, -0.1) is 0 Å². The summed E-state index contributed by atoms with van der Waals surface area (Å²) in [7, 11) is 1.42. The van der Waals surface area contributed by atoms with Crippen molar-refractivity contribution in [3.8, 4) is 5.75 Å². The predicted molar refractivity (Wildman–Crippen MR) is 61.9 cm³/mol. The average molecular weight is 226 g/mol. The highest BCUT2D eigenvalue weighted by atomic mass is 19.1. The second kappa shape index (κ2) is 5.30. The lowest BCUT2D eigenvalue weighted by atomic mass is 9.88. The van der Waals surface area contributed by atoms with Crippen molar-refractivity contribution in [2.45, 2.75) is 26.9 Å². The van der Waals surface area contributed by atoms with Gasteiger partial charge in [-0.05, 0) is 17.9 Å². The minimum absolute atomic E-state index is 0.00149. The standard InChI is InChI=1S/C13H19FO2/c1-8(2)9(3)13(15)10-6-5-7-11(16-4)12(10)14/h5-9,13,15H,1-4H3. The molecule has 0 saturated heterocycles. The second-order valence-electron chi connectivity index (χ2n) is 4.41. The molecule has 1 N–H and O–H groups in total. The number of benzene rings is 1. The number of hydrogen-bond donors (Lipinski definition) is 1. The van der Waals surface area contributed by atoms with Crippen LogP contribution in [0.5, 0.6) is 5.75 Å². The topological polar surface area (TPSA) is 29.5 Å². The van der Waals surface area contributed by atoms with Gasteiger partial charge in [-0.2, -0.15) is 0 Å². The molecule has 0 radical (unpaired) electrons. The third-order valence-electron chi connectivity index (χ3n) is 3.08. The number of rotatable bonds is 4. The molecule has 0 saturated carbocycles. The minimum Gasteiger partial charge on any atom is -0.494 e. The van der Waals surface area contributed by atoms with Crippen molar-refractivity contribution >= 4 is 0 Å². The number of methoxy groups -OCH3 is 1. The zero-order chi connectivity index (χ0) is 12.3. The van der Waals surface area contributed by atoms with Crippen molar-refractivity contribution in [3.05, 3.63) is 29.6 Å². The number of halogens is 1. The number of aliphatic hydroxyl groups is 1. The fourth-order valence-corrected chi connectivity index (χ4v) is 1.56. The third kappa shape index (κ3) is 2.53. The molecule has 0 heterocycles. The normalized spacial score (nSPS) is 14.9. The SMILES string of the molecule is COc1cccc(C(O)C(C)C(C)C)c1F. The molecule has 0 bridgehead atoms. The van der Waals surface area contributed by atoms with Crippen LogP contribution in [0.4, 0.5) is 4.39 Å². The number of ether oxygens (including phenoxy) is 1. The summed E-state index contributed by atoms with van der Waals surface area (Å²) in [5.74, 6) is -0.000265. The van der Waals surface area contributed by atoms with Gasteiger partial charge < -0.3 is 9.84 Å². The maximum atomic E-state index is 13.9. The Morgan fingerprint density at radius 3 is 2.38 bits per heavy atom. The highest BCUT2D eigenvalue weighted by Gasteiger charge is 2.23. The maximum Gasteiger partial charge on any atom is 0.170 e. The Hall–Kier alpha value is -1.09. The van der Waals surface area contributed by atoms with Gasteiger partial charge in [0.25, 0.3) is 0 Å². The van der Waals surface area contributed by atoms with Crippen molar-refractivity contribution in [1.82, 2.24) is 0 Å². The molecule has 3 heteroatoms. The van der Waals surface area contributed by atoms with Crippen LogP contribution in [-0.2, 0) is 0 Å². The molecule has 0 amide bonds. The largest absolute Gasteiger partial charge is 0.494 e. The first-order chi connectivity index (χ1) is 7.49. The van der Waals surface area contributed by atoms with E-state index in [9.17, 15) is 9.50 Å². The Labute approximate surface area is 96.1 Å². The van der Waals surface area contributed by atoms with Crippen molar-refractivity contribution in [2.24, 2.45) is 11.8 Å². The van der Waals surface area contributed by atoms with Crippen LogP contribution in [0.3, 0.4) is 0 Å². The summed E-state index contributed by atoms with van der Waals surface area (Å²) in [5.41, 5.74) is 0.306. The van der Waals surface area contributed by atoms with E-state index in [2.05, 4.69) is 0 Å². The average Bonchev–Trinajstić information content (AvgIpc) is 2.27. The van der Waals surface area contributed by atoms with Crippen LogP contribution in [0, 0.1) is 17.7 Å². The summed E-state index contributed by atoms with van der Waals surface area (Å²) >= 11 is 0. The second-order valence-corrected chi connectivity index (χ2v) is 4.41. The first-order valence-corrected chi connectivity index (χ1v) is 5.49. The van der Waals surface area contributed by atoms with Crippen LogP contribution in [0.15, 0.2) is 18.2 Å². The Kier molecular flexibility index (Phi) is 4.30. The molecule has 0 aliphatic rings. The molecule has 0 spiro atoms. The van der Waals surface area contributed by atoms with E-state index in [0.29, 0.717) is 11.5 Å². The van der Waals surface area contributed by atoms with Crippen LogP contribution in [-0.4, -0.2) is 12.2 Å². The van der Waals surface area contributed by atoms with Crippen molar-refractivity contribution in [1.29, 1.82) is 0 Å². The Morgan fingerprint density at radius 2 is 1.88 bits per heavy atom. The summed E-state index contributed by atoms with van der Waals surface area (Å²) in [4.78, 5) is 0. The van der Waals surface area contributed by atoms with E-state index >= 15 is 0 Å². The molecule has 2 nitrogen and oxygen atoms in total. The van der Waals surface area contributed by atoms with Gasteiger partial charge in [-0.1, -0.05) is 32.9 Å². The van der Waals surface area contributed by atoms with E-state index in [-0.39, 0.29) is 11.7 Å². The lowest BCUT2D eigenvalue weighted by Gasteiger charge is -2.23. The molecule has 0 aromatic heterocycles. The van der Waals surface area contributed by atoms with Gasteiger partial charge in [0, 0.05) is 5.56 Å². The molecule has 2 unspecified atom stereocenters. The summed E-state index contributed by atoms with van der Waals surface area (Å²) in [5, 5.41) is 10.1. The molecule has 90 valence electrons. The van der Waals surface area contributed by atoms with Gasteiger partial charge in [0.1, 0.15) is 0 Å². The molecule has 0 fully saturated rings. The van der Waals surface area contributed by atoms with Crippen molar-refractivity contribution in [2.75, 3.05) is 7.11 Å². The van der Waals surface area contributed by atoms with E-state index in [4.69, 9.17) is 4.74 Å². The number of hydrogen-bond acceptors (Lipinski definition) is 2. The van der Waals surface area contributed by atoms with E-state index in [0.717, 1.165) is 0 Å². The summed E-state index contributed by atoms with van der Waals surface area (Å²) in [6, 6.07) is 4.83. The van der Waals surface area contributed by atoms with E-state index < -0.39 is 11.9 Å². The summed E-state index contributed by atoms with van der Waals surface area (Å²) < 4.78 is 18.8. The van der Waals surface area contributed by atoms with Gasteiger partial charge in [0.05, 0.1) is 13.2 Å². The first-order valence-electron chi connectivity index (χ1n) is 5.49. The smallest absolute Gasteiger partial charge is 0.170 e. The molecular weight excluding hydrogens is 207 g/mol. The summed E-state index contributed by atoms with van der Waals surface area (Å²) in [6.07, 6.45) is -0.796. The molecule has 2 atom stereocenters. The minimum atomic E-state index is -0.796. The predicted octanol–water partition coefficient (Wildman–Crippen LogP) is 3.16. The quantitative estimate of drug-likeness (QED) is 0.854. The van der Waals surface area contributed by atoms with Gasteiger partial charge in [0.2, 0.25) is 0 Å². The van der Waals surface area contributed by atoms with Crippen LogP contribution < -0.4 is 4.74 Å². The first kappa shape index (κ1) is 13.0. The Morgan fingerprint density at radius 1 is 1.25 bits per heavy atom. The van der Waals surface area contributed by atoms with E-state index in [1.165, 1.54) is 7.11 Å². The zero-order valence-electron chi connectivity index (χ0n) is 10.2. The van der Waals surface area contributed by atoms with Crippen LogP contribution in [0.2, 0.25) is 0 Å². The maximum absolute atomic E-state index is 13.9. The molecule has 1 aromatic rings. The van der Waals surface area contributed by atoms with Crippen LogP contribution in [0.25, 0.3) is 0 Å². The van der Waals surface area contributed by atoms with Crippen molar-refractivity contribution in [3.63, 3.8) is 0 Å². The number of aliphatic hydroxyl groups excluding tert-OH is 1.